The van der Waals surface area contributed by atoms with Crippen LogP contribution in [0.2, 0.25) is 0 Å². The zero-order valence-corrected chi connectivity index (χ0v) is 14.2. The van der Waals surface area contributed by atoms with Crippen molar-refractivity contribution in [3.8, 4) is 11.4 Å². The summed E-state index contributed by atoms with van der Waals surface area (Å²) in [5, 5.41) is 3.90. The molecule has 0 unspecified atom stereocenters. The molecule has 1 aliphatic heterocycles. The SMILES string of the molecule is COC[C@@H]1CN(Cc2nc(-c3ccccc3F)no2)CC(C)(C)O1. The second-order valence-electron chi connectivity index (χ2n) is 6.62. The summed E-state index contributed by atoms with van der Waals surface area (Å²) in [6.07, 6.45) is -0.00675. The quantitative estimate of drug-likeness (QED) is 0.837. The molecule has 3 rings (SSSR count). The van der Waals surface area contributed by atoms with Crippen LogP contribution in [-0.4, -0.2) is 53.6 Å². The Bertz CT molecular complexity index is 689. The molecule has 1 aliphatic rings. The van der Waals surface area contributed by atoms with Gasteiger partial charge in [-0.1, -0.05) is 17.3 Å². The second kappa shape index (κ2) is 6.96. The molecule has 2 aromatic rings. The van der Waals surface area contributed by atoms with Crippen LogP contribution in [0, 0.1) is 5.82 Å². The zero-order chi connectivity index (χ0) is 17.2. The Kier molecular flexibility index (Phi) is 4.93. The molecular weight excluding hydrogens is 313 g/mol. The number of benzene rings is 1. The van der Waals surface area contributed by atoms with Gasteiger partial charge >= 0.3 is 0 Å². The van der Waals surface area contributed by atoms with E-state index in [0.717, 1.165) is 6.54 Å². The summed E-state index contributed by atoms with van der Waals surface area (Å²) < 4.78 is 30.3. The average molecular weight is 335 g/mol. The summed E-state index contributed by atoms with van der Waals surface area (Å²) in [7, 11) is 1.66. The molecule has 0 amide bonds. The Balaban J connectivity index is 1.71. The van der Waals surface area contributed by atoms with E-state index < -0.39 is 0 Å². The van der Waals surface area contributed by atoms with Gasteiger partial charge in [0.15, 0.2) is 0 Å². The highest BCUT2D eigenvalue weighted by Gasteiger charge is 2.34. The minimum Gasteiger partial charge on any atom is -0.382 e. The molecule has 24 heavy (non-hydrogen) atoms. The number of ether oxygens (including phenoxy) is 2. The summed E-state index contributed by atoms with van der Waals surface area (Å²) in [6.45, 7) is 6.57. The summed E-state index contributed by atoms with van der Waals surface area (Å²) in [5.41, 5.74) is 0.0580. The van der Waals surface area contributed by atoms with Crippen molar-refractivity contribution < 1.29 is 18.4 Å². The number of halogens is 1. The minimum absolute atomic E-state index is 0.00675. The molecule has 1 fully saturated rings. The molecule has 1 atom stereocenters. The molecule has 0 radical (unpaired) electrons. The number of rotatable bonds is 5. The predicted molar refractivity (Wildman–Crippen MR) is 85.8 cm³/mol. The van der Waals surface area contributed by atoms with Crippen molar-refractivity contribution in [2.24, 2.45) is 0 Å². The van der Waals surface area contributed by atoms with Gasteiger partial charge in [-0.05, 0) is 26.0 Å². The lowest BCUT2D eigenvalue weighted by atomic mass is 10.1. The molecule has 0 saturated carbocycles. The third kappa shape index (κ3) is 3.98. The Morgan fingerprint density at radius 1 is 1.38 bits per heavy atom. The van der Waals surface area contributed by atoms with Crippen LogP contribution in [0.25, 0.3) is 11.4 Å². The fraction of sp³-hybridized carbons (Fsp3) is 0.529. The first-order chi connectivity index (χ1) is 11.5. The zero-order valence-electron chi connectivity index (χ0n) is 14.2. The van der Waals surface area contributed by atoms with Crippen LogP contribution in [0.4, 0.5) is 4.39 Å². The molecular formula is C17H22FN3O3. The maximum absolute atomic E-state index is 13.8. The van der Waals surface area contributed by atoms with Gasteiger partial charge in [0.2, 0.25) is 11.7 Å². The van der Waals surface area contributed by atoms with Crippen LogP contribution in [0.15, 0.2) is 28.8 Å². The number of hydrogen-bond acceptors (Lipinski definition) is 6. The Morgan fingerprint density at radius 2 is 2.17 bits per heavy atom. The monoisotopic (exact) mass is 335 g/mol. The maximum atomic E-state index is 13.8. The molecule has 6 nitrogen and oxygen atoms in total. The maximum Gasteiger partial charge on any atom is 0.241 e. The fourth-order valence-corrected chi connectivity index (χ4v) is 3.07. The van der Waals surface area contributed by atoms with Gasteiger partial charge in [0.1, 0.15) is 5.82 Å². The molecule has 1 aromatic heterocycles. The molecule has 0 bridgehead atoms. The van der Waals surface area contributed by atoms with Crippen LogP contribution < -0.4 is 0 Å². The topological polar surface area (TPSA) is 60.6 Å². The third-order valence-corrected chi connectivity index (χ3v) is 3.85. The van der Waals surface area contributed by atoms with Crippen molar-refractivity contribution in [1.29, 1.82) is 0 Å². The lowest BCUT2D eigenvalue weighted by molar-refractivity contribution is -0.155. The summed E-state index contributed by atoms with van der Waals surface area (Å²) in [4.78, 5) is 6.51. The lowest BCUT2D eigenvalue weighted by Crippen LogP contribution is -2.53. The van der Waals surface area contributed by atoms with Crippen LogP contribution in [0.5, 0.6) is 0 Å². The number of aromatic nitrogens is 2. The van der Waals surface area contributed by atoms with Gasteiger partial charge in [-0.2, -0.15) is 4.98 Å². The summed E-state index contributed by atoms with van der Waals surface area (Å²) >= 11 is 0. The van der Waals surface area contributed by atoms with Gasteiger partial charge in [0.05, 0.1) is 30.4 Å². The highest BCUT2D eigenvalue weighted by atomic mass is 19.1. The van der Waals surface area contributed by atoms with E-state index in [1.165, 1.54) is 6.07 Å². The van der Waals surface area contributed by atoms with Crippen LogP contribution in [-0.2, 0) is 16.0 Å². The third-order valence-electron chi connectivity index (χ3n) is 3.85. The molecule has 1 aromatic carbocycles. The van der Waals surface area contributed by atoms with Crippen LogP contribution >= 0.6 is 0 Å². The highest BCUT2D eigenvalue weighted by molar-refractivity contribution is 5.54. The Morgan fingerprint density at radius 3 is 2.92 bits per heavy atom. The van der Waals surface area contributed by atoms with E-state index in [4.69, 9.17) is 14.0 Å². The van der Waals surface area contributed by atoms with E-state index in [1.807, 2.05) is 13.8 Å². The van der Waals surface area contributed by atoms with Crippen molar-refractivity contribution in [3.05, 3.63) is 36.0 Å². The van der Waals surface area contributed by atoms with E-state index in [1.54, 1.807) is 25.3 Å². The first-order valence-corrected chi connectivity index (χ1v) is 7.93. The molecule has 130 valence electrons. The highest BCUT2D eigenvalue weighted by Crippen LogP contribution is 2.24. The van der Waals surface area contributed by atoms with Crippen LogP contribution in [0.3, 0.4) is 0 Å². The Hall–Kier alpha value is -1.83. The number of morpholine rings is 1. The van der Waals surface area contributed by atoms with Gasteiger partial charge in [-0.25, -0.2) is 4.39 Å². The molecule has 0 aliphatic carbocycles. The van der Waals surface area contributed by atoms with Crippen molar-refractivity contribution in [2.45, 2.75) is 32.1 Å². The van der Waals surface area contributed by atoms with Gasteiger partial charge < -0.3 is 14.0 Å². The summed E-state index contributed by atoms with van der Waals surface area (Å²) in [6, 6.07) is 6.39. The van der Waals surface area contributed by atoms with Gasteiger partial charge in [0, 0.05) is 20.2 Å². The molecule has 0 spiro atoms. The molecule has 7 heteroatoms. The standard InChI is InChI=1S/C17H22FN3O3/c1-17(2)11-21(8-12(23-17)10-22-3)9-15-19-16(20-24-15)13-6-4-5-7-14(13)18/h4-7,12H,8-11H2,1-3H3/t12-/m0/s1. The van der Waals surface area contributed by atoms with Crippen molar-refractivity contribution in [3.63, 3.8) is 0 Å². The Labute approximate surface area is 140 Å². The van der Waals surface area contributed by atoms with Crippen molar-refractivity contribution in [2.75, 3.05) is 26.8 Å². The van der Waals surface area contributed by atoms with Gasteiger partial charge in [-0.3, -0.25) is 4.90 Å². The van der Waals surface area contributed by atoms with E-state index >= 15 is 0 Å². The normalized spacial score (nSPS) is 21.1. The van der Waals surface area contributed by atoms with Crippen molar-refractivity contribution in [1.82, 2.24) is 15.0 Å². The van der Waals surface area contributed by atoms with Gasteiger partial charge in [-0.15, -0.1) is 0 Å². The van der Waals surface area contributed by atoms with E-state index in [9.17, 15) is 4.39 Å². The van der Waals surface area contributed by atoms with E-state index in [0.29, 0.717) is 31.2 Å². The number of nitrogens with zero attached hydrogens (tertiary/aromatic N) is 3. The van der Waals surface area contributed by atoms with Crippen molar-refractivity contribution >= 4 is 0 Å². The smallest absolute Gasteiger partial charge is 0.241 e. The minimum atomic E-state index is -0.363. The predicted octanol–water partition coefficient (Wildman–Crippen LogP) is 2.50. The van der Waals surface area contributed by atoms with E-state index in [2.05, 4.69) is 15.0 Å². The number of hydrogen-bond donors (Lipinski definition) is 0. The largest absolute Gasteiger partial charge is 0.382 e. The molecule has 0 N–H and O–H groups in total. The lowest BCUT2D eigenvalue weighted by Gasteiger charge is -2.42. The molecule has 1 saturated heterocycles. The van der Waals surface area contributed by atoms with Gasteiger partial charge in [0.25, 0.3) is 0 Å². The number of methoxy groups -OCH3 is 1. The fourth-order valence-electron chi connectivity index (χ4n) is 3.07. The first-order valence-electron chi connectivity index (χ1n) is 7.93. The van der Waals surface area contributed by atoms with E-state index in [-0.39, 0.29) is 23.3 Å². The first kappa shape index (κ1) is 17.0. The summed E-state index contributed by atoms with van der Waals surface area (Å²) in [5.74, 6) is 0.365. The van der Waals surface area contributed by atoms with Crippen LogP contribution in [0.1, 0.15) is 19.7 Å². The second-order valence-corrected chi connectivity index (χ2v) is 6.62. The molecule has 2 heterocycles. The average Bonchev–Trinajstić information content (AvgIpc) is 2.94.